The van der Waals surface area contributed by atoms with Crippen LogP contribution in [0.3, 0.4) is 0 Å². The van der Waals surface area contributed by atoms with Gasteiger partial charge in [-0.05, 0) is 6.42 Å². The van der Waals surface area contributed by atoms with Gasteiger partial charge in [0.2, 0.25) is 0 Å². The number of thiazole rings is 1. The van der Waals surface area contributed by atoms with Gasteiger partial charge in [0.25, 0.3) is 0 Å². The maximum Gasteiger partial charge on any atom is 0.150 e. The van der Waals surface area contributed by atoms with Crippen molar-refractivity contribution in [3.05, 3.63) is 6.20 Å². The minimum atomic E-state index is 0.999. The van der Waals surface area contributed by atoms with Crippen LogP contribution < -0.4 is 0 Å². The molecule has 0 unspecified atom stereocenters. The third-order valence-electron chi connectivity index (χ3n) is 0.902. The van der Waals surface area contributed by atoms with Crippen molar-refractivity contribution in [2.24, 2.45) is 0 Å². The lowest BCUT2D eigenvalue weighted by atomic mass is 10.6. The number of thiol groups is 1. The van der Waals surface area contributed by atoms with Crippen LogP contribution in [0, 0.1) is 0 Å². The van der Waals surface area contributed by atoms with E-state index in [1.807, 2.05) is 0 Å². The second kappa shape index (κ2) is 4.26. The Morgan fingerprint density at radius 2 is 2.60 bits per heavy atom. The molecule has 0 saturated carbocycles. The minimum absolute atomic E-state index is 0.999. The van der Waals surface area contributed by atoms with Crippen LogP contribution >= 0.6 is 35.7 Å². The summed E-state index contributed by atoms with van der Waals surface area (Å²) in [4.78, 5) is 4.16. The molecule has 1 heterocycles. The standard InChI is InChI=1S/C6H9NS3/c1-2-3-9-6-7-4-5(8)10-6/h4,8H,2-3H2,1H3. The highest BCUT2D eigenvalue weighted by Gasteiger charge is 1.96. The number of aromatic nitrogens is 1. The molecule has 0 bridgehead atoms. The molecular weight excluding hydrogens is 182 g/mol. The molecule has 1 rings (SSSR count). The van der Waals surface area contributed by atoms with Crippen molar-refractivity contribution in [3.63, 3.8) is 0 Å². The lowest BCUT2D eigenvalue weighted by Gasteiger charge is -1.89. The van der Waals surface area contributed by atoms with E-state index in [1.54, 1.807) is 29.3 Å². The van der Waals surface area contributed by atoms with E-state index in [0.717, 1.165) is 14.3 Å². The van der Waals surface area contributed by atoms with E-state index < -0.39 is 0 Å². The van der Waals surface area contributed by atoms with Crippen LogP contribution in [0.2, 0.25) is 0 Å². The Bertz CT molecular complexity index is 197. The van der Waals surface area contributed by atoms with Crippen LogP contribution in [0.15, 0.2) is 14.7 Å². The zero-order valence-corrected chi connectivity index (χ0v) is 8.23. The molecule has 0 aliphatic heterocycles. The highest BCUT2D eigenvalue weighted by atomic mass is 32.2. The Balaban J connectivity index is 2.42. The predicted molar refractivity (Wildman–Crippen MR) is 50.4 cm³/mol. The third kappa shape index (κ3) is 2.52. The summed E-state index contributed by atoms with van der Waals surface area (Å²) >= 11 is 7.61. The van der Waals surface area contributed by atoms with Crippen LogP contribution in [-0.4, -0.2) is 10.7 Å². The SMILES string of the molecule is CCCSc1ncc(S)s1. The lowest BCUT2D eigenvalue weighted by molar-refractivity contribution is 1.10. The predicted octanol–water partition coefficient (Wildman–Crippen LogP) is 2.93. The van der Waals surface area contributed by atoms with Crippen molar-refractivity contribution in [2.75, 3.05) is 5.75 Å². The van der Waals surface area contributed by atoms with Crippen molar-refractivity contribution in [1.82, 2.24) is 4.98 Å². The van der Waals surface area contributed by atoms with Crippen molar-refractivity contribution >= 4 is 35.7 Å². The van der Waals surface area contributed by atoms with Crippen LogP contribution in [-0.2, 0) is 0 Å². The van der Waals surface area contributed by atoms with Crippen molar-refractivity contribution < 1.29 is 0 Å². The van der Waals surface area contributed by atoms with E-state index in [4.69, 9.17) is 0 Å². The van der Waals surface area contributed by atoms with Gasteiger partial charge in [-0.3, -0.25) is 0 Å². The number of rotatable bonds is 3. The van der Waals surface area contributed by atoms with Crippen LogP contribution in [0.5, 0.6) is 0 Å². The van der Waals surface area contributed by atoms with E-state index in [0.29, 0.717) is 0 Å². The zero-order chi connectivity index (χ0) is 7.40. The van der Waals surface area contributed by atoms with E-state index in [9.17, 15) is 0 Å². The molecule has 1 aromatic rings. The van der Waals surface area contributed by atoms with Gasteiger partial charge in [0, 0.05) is 5.75 Å². The fourth-order valence-corrected chi connectivity index (χ4v) is 2.66. The monoisotopic (exact) mass is 191 g/mol. The summed E-state index contributed by atoms with van der Waals surface area (Å²) in [7, 11) is 0. The number of thioether (sulfide) groups is 1. The Kier molecular flexibility index (Phi) is 3.59. The molecule has 0 N–H and O–H groups in total. The molecule has 0 amide bonds. The molecule has 56 valence electrons. The topological polar surface area (TPSA) is 12.9 Å². The molecule has 0 aromatic carbocycles. The third-order valence-corrected chi connectivity index (χ3v) is 3.45. The average Bonchev–Trinajstić information content (AvgIpc) is 2.31. The first kappa shape index (κ1) is 8.43. The summed E-state index contributed by atoms with van der Waals surface area (Å²) < 4.78 is 2.13. The minimum Gasteiger partial charge on any atom is -0.237 e. The average molecular weight is 191 g/mol. The smallest absolute Gasteiger partial charge is 0.150 e. The van der Waals surface area contributed by atoms with Gasteiger partial charge in [-0.1, -0.05) is 18.7 Å². The normalized spacial score (nSPS) is 10.2. The molecule has 0 radical (unpaired) electrons. The first-order chi connectivity index (χ1) is 4.83. The Labute approximate surface area is 74.7 Å². The van der Waals surface area contributed by atoms with Gasteiger partial charge in [0.05, 0.1) is 10.4 Å². The fourth-order valence-electron chi connectivity index (χ4n) is 0.506. The summed E-state index contributed by atoms with van der Waals surface area (Å²) in [6.07, 6.45) is 3.00. The molecule has 0 atom stereocenters. The number of hydrogen-bond acceptors (Lipinski definition) is 4. The first-order valence-corrected chi connectivity index (χ1v) is 5.35. The van der Waals surface area contributed by atoms with Gasteiger partial charge in [0.1, 0.15) is 0 Å². The molecule has 10 heavy (non-hydrogen) atoms. The van der Waals surface area contributed by atoms with Gasteiger partial charge < -0.3 is 0 Å². The van der Waals surface area contributed by atoms with Crippen LogP contribution in [0.1, 0.15) is 13.3 Å². The molecule has 0 aliphatic carbocycles. The molecule has 1 nitrogen and oxygen atoms in total. The molecular formula is C6H9NS3. The molecule has 1 aromatic heterocycles. The van der Waals surface area contributed by atoms with Crippen LogP contribution in [0.4, 0.5) is 0 Å². The summed E-state index contributed by atoms with van der Waals surface area (Å²) in [6.45, 7) is 2.17. The summed E-state index contributed by atoms with van der Waals surface area (Å²) in [5.41, 5.74) is 0. The Morgan fingerprint density at radius 1 is 1.80 bits per heavy atom. The highest BCUT2D eigenvalue weighted by Crippen LogP contribution is 2.26. The van der Waals surface area contributed by atoms with E-state index in [1.165, 1.54) is 6.42 Å². The summed E-state index contributed by atoms with van der Waals surface area (Å²) in [6, 6.07) is 0. The largest absolute Gasteiger partial charge is 0.237 e. The fraction of sp³-hybridized carbons (Fsp3) is 0.500. The van der Waals surface area contributed by atoms with Crippen molar-refractivity contribution in [2.45, 2.75) is 21.9 Å². The quantitative estimate of drug-likeness (QED) is 0.583. The van der Waals surface area contributed by atoms with Gasteiger partial charge >= 0.3 is 0 Å². The molecule has 4 heteroatoms. The highest BCUT2D eigenvalue weighted by molar-refractivity contribution is 8.01. The van der Waals surface area contributed by atoms with Crippen molar-refractivity contribution in [3.8, 4) is 0 Å². The summed E-state index contributed by atoms with van der Waals surface area (Å²) in [5, 5.41) is 0. The van der Waals surface area contributed by atoms with E-state index in [2.05, 4.69) is 24.5 Å². The zero-order valence-electron chi connectivity index (χ0n) is 5.70. The number of hydrogen-bond donors (Lipinski definition) is 1. The maximum atomic E-state index is 4.17. The first-order valence-electron chi connectivity index (χ1n) is 3.10. The summed E-state index contributed by atoms with van der Waals surface area (Å²) in [5.74, 6) is 1.15. The Hall–Kier alpha value is 0.330. The maximum absolute atomic E-state index is 4.17. The molecule has 0 saturated heterocycles. The second-order valence-corrected chi connectivity index (χ2v) is 4.97. The van der Waals surface area contributed by atoms with Gasteiger partial charge in [-0.25, -0.2) is 4.98 Å². The van der Waals surface area contributed by atoms with Crippen molar-refractivity contribution in [1.29, 1.82) is 0 Å². The van der Waals surface area contributed by atoms with Gasteiger partial charge in [-0.15, -0.1) is 24.0 Å². The van der Waals surface area contributed by atoms with E-state index in [-0.39, 0.29) is 0 Å². The lowest BCUT2D eigenvalue weighted by Crippen LogP contribution is -1.71. The molecule has 0 fully saturated rings. The second-order valence-electron chi connectivity index (χ2n) is 1.81. The van der Waals surface area contributed by atoms with Gasteiger partial charge in [0.15, 0.2) is 4.34 Å². The van der Waals surface area contributed by atoms with E-state index >= 15 is 0 Å². The molecule has 0 aliphatic rings. The van der Waals surface area contributed by atoms with Gasteiger partial charge in [-0.2, -0.15) is 0 Å². The number of nitrogens with zero attached hydrogens (tertiary/aromatic N) is 1. The Morgan fingerprint density at radius 3 is 3.10 bits per heavy atom. The molecule has 0 spiro atoms. The van der Waals surface area contributed by atoms with Crippen LogP contribution in [0.25, 0.3) is 0 Å².